The summed E-state index contributed by atoms with van der Waals surface area (Å²) in [5.41, 5.74) is 0.728. The van der Waals surface area contributed by atoms with Gasteiger partial charge in [0.1, 0.15) is 0 Å². The SMILES string of the molecule is O=C(NOC(=O)C(F)(F)C(F)(F)C(=O)O)C12CC3CC(CC(C3)C1)C2. The Morgan fingerprint density at radius 3 is 1.76 bits per heavy atom. The maximum atomic E-state index is 13.3. The number of amides is 1. The van der Waals surface area contributed by atoms with E-state index in [9.17, 15) is 31.9 Å². The van der Waals surface area contributed by atoms with E-state index in [1.807, 2.05) is 0 Å². The third kappa shape index (κ3) is 2.75. The average molecular weight is 367 g/mol. The Morgan fingerprint density at radius 1 is 0.920 bits per heavy atom. The third-order valence-corrected chi connectivity index (χ3v) is 5.68. The highest BCUT2D eigenvalue weighted by atomic mass is 19.3. The highest BCUT2D eigenvalue weighted by Crippen LogP contribution is 2.60. The second-order valence-electron chi connectivity index (χ2n) is 7.47. The van der Waals surface area contributed by atoms with Gasteiger partial charge in [-0.2, -0.15) is 23.0 Å². The minimum atomic E-state index is -5.64. The van der Waals surface area contributed by atoms with Crippen molar-refractivity contribution in [2.75, 3.05) is 0 Å². The molecule has 1 amide bonds. The van der Waals surface area contributed by atoms with Gasteiger partial charge in [0.05, 0.1) is 5.41 Å². The first kappa shape index (κ1) is 17.9. The van der Waals surface area contributed by atoms with E-state index < -0.39 is 35.1 Å². The highest BCUT2D eigenvalue weighted by molar-refractivity contribution is 5.90. The number of hydrogen-bond acceptors (Lipinski definition) is 4. The first-order valence-electron chi connectivity index (χ1n) is 7.99. The Kier molecular flexibility index (Phi) is 3.99. The lowest BCUT2D eigenvalue weighted by Crippen LogP contribution is -2.57. The van der Waals surface area contributed by atoms with Crippen LogP contribution >= 0.6 is 0 Å². The van der Waals surface area contributed by atoms with Crippen LogP contribution in [0.4, 0.5) is 17.6 Å². The molecule has 0 saturated heterocycles. The average Bonchev–Trinajstić information content (AvgIpc) is 2.50. The molecule has 4 aliphatic carbocycles. The van der Waals surface area contributed by atoms with E-state index in [1.54, 1.807) is 5.48 Å². The summed E-state index contributed by atoms with van der Waals surface area (Å²) in [6.45, 7) is 0. The fourth-order valence-corrected chi connectivity index (χ4v) is 4.92. The number of rotatable bonds is 4. The van der Waals surface area contributed by atoms with E-state index in [2.05, 4.69) is 4.84 Å². The van der Waals surface area contributed by atoms with Gasteiger partial charge in [-0.15, -0.1) is 0 Å². The van der Waals surface area contributed by atoms with Gasteiger partial charge in [-0.25, -0.2) is 9.59 Å². The smallest absolute Gasteiger partial charge is 0.418 e. The highest BCUT2D eigenvalue weighted by Gasteiger charge is 2.69. The Morgan fingerprint density at radius 2 is 1.36 bits per heavy atom. The van der Waals surface area contributed by atoms with Crippen molar-refractivity contribution in [2.24, 2.45) is 23.2 Å². The van der Waals surface area contributed by atoms with Crippen molar-refractivity contribution < 1.29 is 41.9 Å². The van der Waals surface area contributed by atoms with Crippen LogP contribution < -0.4 is 5.48 Å². The number of carbonyl (C=O) groups is 3. The van der Waals surface area contributed by atoms with Crippen LogP contribution in [-0.2, 0) is 19.2 Å². The molecule has 4 bridgehead atoms. The number of carboxylic acid groups (broad SMARTS) is 1. The number of halogens is 4. The molecule has 0 unspecified atom stereocenters. The van der Waals surface area contributed by atoms with E-state index in [-0.39, 0.29) is 0 Å². The van der Waals surface area contributed by atoms with Crippen molar-refractivity contribution in [1.29, 1.82) is 0 Å². The van der Waals surface area contributed by atoms with E-state index in [0.717, 1.165) is 19.3 Å². The van der Waals surface area contributed by atoms with Crippen molar-refractivity contribution in [3.05, 3.63) is 0 Å². The third-order valence-electron chi connectivity index (χ3n) is 5.68. The molecule has 25 heavy (non-hydrogen) atoms. The van der Waals surface area contributed by atoms with Gasteiger partial charge in [0.2, 0.25) is 0 Å². The molecule has 6 nitrogen and oxygen atoms in total. The molecule has 0 heterocycles. The van der Waals surface area contributed by atoms with Crippen LogP contribution in [0.25, 0.3) is 0 Å². The van der Waals surface area contributed by atoms with Crippen LogP contribution in [0, 0.1) is 23.2 Å². The molecule has 4 fully saturated rings. The molecular formula is C15H17F4NO5. The molecule has 4 rings (SSSR count). The van der Waals surface area contributed by atoms with Crippen molar-refractivity contribution >= 4 is 17.8 Å². The lowest BCUT2D eigenvalue weighted by atomic mass is 9.49. The molecular weight excluding hydrogens is 350 g/mol. The van der Waals surface area contributed by atoms with Crippen LogP contribution in [0.2, 0.25) is 0 Å². The van der Waals surface area contributed by atoms with Crippen molar-refractivity contribution in [2.45, 2.75) is 50.4 Å². The van der Waals surface area contributed by atoms with Gasteiger partial charge in [0.25, 0.3) is 5.91 Å². The van der Waals surface area contributed by atoms with Gasteiger partial charge in [-0.05, 0) is 56.3 Å². The van der Waals surface area contributed by atoms with E-state index in [0.29, 0.717) is 37.0 Å². The van der Waals surface area contributed by atoms with Crippen molar-refractivity contribution in [3.63, 3.8) is 0 Å². The molecule has 140 valence electrons. The van der Waals surface area contributed by atoms with Crippen LogP contribution in [0.15, 0.2) is 0 Å². The minimum Gasteiger partial charge on any atom is -0.477 e. The maximum absolute atomic E-state index is 13.3. The normalized spacial score (nSPS) is 33.8. The van der Waals surface area contributed by atoms with E-state index in [1.165, 1.54) is 0 Å². The zero-order valence-corrected chi connectivity index (χ0v) is 13.1. The molecule has 0 atom stereocenters. The van der Waals surface area contributed by atoms with Gasteiger partial charge in [-0.3, -0.25) is 4.79 Å². The second-order valence-corrected chi connectivity index (χ2v) is 7.47. The summed E-state index contributed by atoms with van der Waals surface area (Å²) in [4.78, 5) is 37.7. The molecule has 0 aliphatic heterocycles. The summed E-state index contributed by atoms with van der Waals surface area (Å²) < 4.78 is 52.5. The Balaban J connectivity index is 1.65. The van der Waals surface area contributed by atoms with Crippen LogP contribution in [0.3, 0.4) is 0 Å². The van der Waals surface area contributed by atoms with E-state index in [4.69, 9.17) is 5.11 Å². The maximum Gasteiger partial charge on any atom is 0.418 e. The molecule has 10 heteroatoms. The molecule has 0 spiro atoms. The summed E-state index contributed by atoms with van der Waals surface area (Å²) in [7, 11) is 0. The second kappa shape index (κ2) is 5.57. The topological polar surface area (TPSA) is 92.7 Å². The lowest BCUT2D eigenvalue weighted by molar-refractivity contribution is -0.239. The number of alkyl halides is 4. The van der Waals surface area contributed by atoms with Gasteiger partial charge < -0.3 is 9.94 Å². The summed E-state index contributed by atoms with van der Waals surface area (Å²) in [5.74, 6) is -16.9. The predicted octanol–water partition coefficient (Wildman–Crippen LogP) is 2.13. The van der Waals surface area contributed by atoms with Crippen LogP contribution in [0.5, 0.6) is 0 Å². The summed E-state index contributed by atoms with van der Waals surface area (Å²) in [5, 5.41) is 8.13. The molecule has 0 radical (unpaired) electrons. The van der Waals surface area contributed by atoms with E-state index >= 15 is 0 Å². The lowest BCUT2D eigenvalue weighted by Gasteiger charge is -2.55. The van der Waals surface area contributed by atoms with Gasteiger partial charge in [0.15, 0.2) is 0 Å². The number of hydroxylamine groups is 1. The molecule has 0 aromatic carbocycles. The van der Waals surface area contributed by atoms with Gasteiger partial charge in [0, 0.05) is 0 Å². The van der Waals surface area contributed by atoms with Crippen molar-refractivity contribution in [3.8, 4) is 0 Å². The monoisotopic (exact) mass is 367 g/mol. The van der Waals surface area contributed by atoms with Gasteiger partial charge in [-0.1, -0.05) is 0 Å². The largest absolute Gasteiger partial charge is 0.477 e. The minimum absolute atomic E-state index is 0.352. The quantitative estimate of drug-likeness (QED) is 0.587. The summed E-state index contributed by atoms with van der Waals surface area (Å²) >= 11 is 0. The molecule has 4 saturated carbocycles. The van der Waals surface area contributed by atoms with Gasteiger partial charge >= 0.3 is 23.8 Å². The standard InChI is InChI=1S/C15H17F4NO5/c16-14(17,11(22)23)15(18,19)12(24)25-20-10(21)13-4-7-1-8(5-13)3-9(2-7)6-13/h7-9H,1-6H2,(H,20,21)(H,22,23). The number of carbonyl (C=O) groups excluding carboxylic acids is 2. The Labute approximate surface area is 139 Å². The molecule has 4 aliphatic rings. The number of hydrogen-bond donors (Lipinski definition) is 2. The van der Waals surface area contributed by atoms with Crippen molar-refractivity contribution in [1.82, 2.24) is 5.48 Å². The fraction of sp³-hybridized carbons (Fsp3) is 0.800. The summed E-state index contributed by atoms with van der Waals surface area (Å²) in [6, 6.07) is 0. The first-order chi connectivity index (χ1) is 11.5. The predicted molar refractivity (Wildman–Crippen MR) is 72.4 cm³/mol. The van der Waals surface area contributed by atoms with Crippen LogP contribution in [0.1, 0.15) is 38.5 Å². The zero-order chi connectivity index (χ0) is 18.6. The number of nitrogens with one attached hydrogen (secondary N) is 1. The molecule has 0 aromatic rings. The van der Waals surface area contributed by atoms with Crippen LogP contribution in [-0.4, -0.2) is 34.8 Å². The first-order valence-corrected chi connectivity index (χ1v) is 7.99. The molecule has 0 aromatic heterocycles. The zero-order valence-electron chi connectivity index (χ0n) is 13.1. The Bertz CT molecular complexity index is 586. The molecule has 2 N–H and O–H groups in total. The Hall–Kier alpha value is -1.87. The number of carboxylic acids is 1. The fourth-order valence-electron chi connectivity index (χ4n) is 4.92. The summed E-state index contributed by atoms with van der Waals surface area (Å²) in [6.07, 6.45) is 4.66. The number of aliphatic carboxylic acids is 1.